The van der Waals surface area contributed by atoms with Crippen LogP contribution in [0, 0.1) is 0 Å². The normalized spacial score (nSPS) is 21.3. The van der Waals surface area contributed by atoms with Crippen LogP contribution < -0.4 is 11.1 Å². The van der Waals surface area contributed by atoms with Crippen molar-refractivity contribution in [2.75, 3.05) is 26.4 Å². The third kappa shape index (κ3) is 3.53. The van der Waals surface area contributed by atoms with Crippen molar-refractivity contribution in [2.24, 2.45) is 5.73 Å². The summed E-state index contributed by atoms with van der Waals surface area (Å²) in [4.78, 5) is 11.9. The lowest BCUT2D eigenvalue weighted by atomic mass is 10.1. The quantitative estimate of drug-likeness (QED) is 0.801. The molecule has 2 rings (SSSR count). The number of carbonyl (C=O) groups excluding carboxylic acids is 1. The van der Waals surface area contributed by atoms with Gasteiger partial charge in [-0.3, -0.25) is 4.79 Å². The number of ether oxygens (including phenoxy) is 2. The van der Waals surface area contributed by atoms with Crippen LogP contribution in [0.5, 0.6) is 0 Å². The Morgan fingerprint density at radius 1 is 1.39 bits per heavy atom. The first-order chi connectivity index (χ1) is 8.77. The highest BCUT2D eigenvalue weighted by atomic mass is 16.6. The van der Waals surface area contributed by atoms with Crippen molar-refractivity contribution in [3.8, 4) is 0 Å². The molecule has 5 heteroatoms. The van der Waals surface area contributed by atoms with Crippen molar-refractivity contribution in [2.45, 2.75) is 12.1 Å². The zero-order chi connectivity index (χ0) is 12.8. The SMILES string of the molecule is N[C@@H](C(=O)NCC1COCCO1)c1ccccc1. The maximum absolute atomic E-state index is 11.9. The van der Waals surface area contributed by atoms with E-state index in [1.165, 1.54) is 0 Å². The average molecular weight is 250 g/mol. The molecule has 18 heavy (non-hydrogen) atoms. The molecule has 98 valence electrons. The Morgan fingerprint density at radius 3 is 2.83 bits per heavy atom. The van der Waals surface area contributed by atoms with Crippen molar-refractivity contribution < 1.29 is 14.3 Å². The third-order valence-electron chi connectivity index (χ3n) is 2.83. The number of hydrogen-bond donors (Lipinski definition) is 2. The van der Waals surface area contributed by atoms with Crippen LogP contribution in [0.4, 0.5) is 0 Å². The standard InChI is InChI=1S/C13H18N2O3/c14-12(10-4-2-1-3-5-10)13(16)15-8-11-9-17-6-7-18-11/h1-5,11-12H,6-9,14H2,(H,15,16)/t11?,12-/m1/s1. The molecule has 0 saturated carbocycles. The fourth-order valence-corrected chi connectivity index (χ4v) is 1.79. The molecule has 3 N–H and O–H groups in total. The Balaban J connectivity index is 1.80. The van der Waals surface area contributed by atoms with Gasteiger partial charge < -0.3 is 20.5 Å². The fourth-order valence-electron chi connectivity index (χ4n) is 1.79. The van der Waals surface area contributed by atoms with Gasteiger partial charge in [-0.1, -0.05) is 30.3 Å². The number of carbonyl (C=O) groups is 1. The molecule has 0 spiro atoms. The molecule has 1 fully saturated rings. The van der Waals surface area contributed by atoms with Crippen LogP contribution in [0.25, 0.3) is 0 Å². The lowest BCUT2D eigenvalue weighted by Crippen LogP contribution is -2.42. The minimum absolute atomic E-state index is 0.0781. The highest BCUT2D eigenvalue weighted by molar-refractivity contribution is 5.82. The van der Waals surface area contributed by atoms with Crippen molar-refractivity contribution >= 4 is 5.91 Å². The van der Waals surface area contributed by atoms with Gasteiger partial charge in [-0.05, 0) is 5.56 Å². The lowest BCUT2D eigenvalue weighted by Gasteiger charge is -2.23. The monoisotopic (exact) mass is 250 g/mol. The van der Waals surface area contributed by atoms with Crippen LogP contribution >= 0.6 is 0 Å². The summed E-state index contributed by atoms with van der Waals surface area (Å²) in [6.45, 7) is 2.14. The molecule has 2 atom stereocenters. The number of nitrogens with one attached hydrogen (secondary N) is 1. The van der Waals surface area contributed by atoms with Crippen molar-refractivity contribution in [3.63, 3.8) is 0 Å². The van der Waals surface area contributed by atoms with Crippen molar-refractivity contribution in [3.05, 3.63) is 35.9 Å². The van der Waals surface area contributed by atoms with Crippen LogP contribution in [0.1, 0.15) is 11.6 Å². The van der Waals surface area contributed by atoms with Gasteiger partial charge in [-0.25, -0.2) is 0 Å². The molecule has 1 aromatic carbocycles. The fraction of sp³-hybridized carbons (Fsp3) is 0.462. The van der Waals surface area contributed by atoms with E-state index in [-0.39, 0.29) is 12.0 Å². The van der Waals surface area contributed by atoms with Gasteiger partial charge in [0.05, 0.1) is 25.9 Å². The summed E-state index contributed by atoms with van der Waals surface area (Å²) >= 11 is 0. The Hall–Kier alpha value is -1.43. The molecule has 0 aliphatic carbocycles. The smallest absolute Gasteiger partial charge is 0.241 e. The number of rotatable bonds is 4. The van der Waals surface area contributed by atoms with E-state index in [2.05, 4.69) is 5.32 Å². The van der Waals surface area contributed by atoms with E-state index in [4.69, 9.17) is 15.2 Å². The molecule has 1 aromatic rings. The third-order valence-corrected chi connectivity index (χ3v) is 2.83. The second-order valence-corrected chi connectivity index (χ2v) is 4.20. The van der Waals surface area contributed by atoms with E-state index in [0.29, 0.717) is 26.4 Å². The van der Waals surface area contributed by atoms with Gasteiger partial charge in [-0.15, -0.1) is 0 Å². The molecular formula is C13H18N2O3. The number of amides is 1. The number of nitrogens with two attached hydrogens (primary N) is 1. The minimum Gasteiger partial charge on any atom is -0.376 e. The first kappa shape index (κ1) is 13.0. The second kappa shape index (κ2) is 6.49. The molecule has 1 heterocycles. The van der Waals surface area contributed by atoms with Gasteiger partial charge in [0.1, 0.15) is 6.04 Å². The minimum atomic E-state index is -0.643. The number of benzene rings is 1. The van der Waals surface area contributed by atoms with Gasteiger partial charge >= 0.3 is 0 Å². The van der Waals surface area contributed by atoms with Gasteiger partial charge in [0.2, 0.25) is 5.91 Å². The highest BCUT2D eigenvalue weighted by Crippen LogP contribution is 2.09. The molecule has 1 aliphatic heterocycles. The van der Waals surface area contributed by atoms with Gasteiger partial charge in [0.25, 0.3) is 0 Å². The van der Waals surface area contributed by atoms with Crippen LogP contribution in [0.3, 0.4) is 0 Å². The summed E-state index contributed by atoms with van der Waals surface area (Å²) in [6, 6.07) is 8.65. The predicted molar refractivity (Wildman–Crippen MR) is 66.9 cm³/mol. The zero-order valence-corrected chi connectivity index (χ0v) is 10.2. The Bertz CT molecular complexity index is 377. The largest absolute Gasteiger partial charge is 0.376 e. The second-order valence-electron chi connectivity index (χ2n) is 4.20. The van der Waals surface area contributed by atoms with Gasteiger partial charge in [0, 0.05) is 6.54 Å². The summed E-state index contributed by atoms with van der Waals surface area (Å²) in [5.74, 6) is -0.199. The van der Waals surface area contributed by atoms with Crippen LogP contribution in [-0.4, -0.2) is 38.4 Å². The van der Waals surface area contributed by atoms with E-state index in [9.17, 15) is 4.79 Å². The van der Waals surface area contributed by atoms with Gasteiger partial charge in [0.15, 0.2) is 0 Å². The van der Waals surface area contributed by atoms with Crippen molar-refractivity contribution in [1.82, 2.24) is 5.32 Å². The summed E-state index contributed by atoms with van der Waals surface area (Å²) in [5.41, 5.74) is 6.67. The van der Waals surface area contributed by atoms with Gasteiger partial charge in [-0.2, -0.15) is 0 Å². The van der Waals surface area contributed by atoms with Crippen LogP contribution in [0.15, 0.2) is 30.3 Å². The van der Waals surface area contributed by atoms with Crippen LogP contribution in [-0.2, 0) is 14.3 Å². The Morgan fingerprint density at radius 2 is 2.17 bits per heavy atom. The molecule has 1 saturated heterocycles. The molecule has 0 radical (unpaired) electrons. The van der Waals surface area contributed by atoms with E-state index in [0.717, 1.165) is 5.56 Å². The number of hydrogen-bond acceptors (Lipinski definition) is 4. The van der Waals surface area contributed by atoms with E-state index in [1.807, 2.05) is 30.3 Å². The first-order valence-electron chi connectivity index (χ1n) is 6.05. The van der Waals surface area contributed by atoms with Crippen molar-refractivity contribution in [1.29, 1.82) is 0 Å². The molecule has 0 bridgehead atoms. The molecule has 5 nitrogen and oxygen atoms in total. The van der Waals surface area contributed by atoms with E-state index in [1.54, 1.807) is 0 Å². The zero-order valence-electron chi connectivity index (χ0n) is 10.2. The maximum Gasteiger partial charge on any atom is 0.241 e. The summed E-state index contributed by atoms with van der Waals surface area (Å²) in [6.07, 6.45) is -0.0781. The maximum atomic E-state index is 11.9. The lowest BCUT2D eigenvalue weighted by molar-refractivity contribution is -0.125. The first-order valence-corrected chi connectivity index (χ1v) is 6.05. The summed E-state index contributed by atoms with van der Waals surface area (Å²) < 4.78 is 10.7. The van der Waals surface area contributed by atoms with E-state index >= 15 is 0 Å². The molecule has 1 aliphatic rings. The molecule has 1 amide bonds. The predicted octanol–water partition coefficient (Wildman–Crippen LogP) is 0.218. The summed E-state index contributed by atoms with van der Waals surface area (Å²) in [7, 11) is 0. The van der Waals surface area contributed by atoms with Crippen LogP contribution in [0.2, 0.25) is 0 Å². The molecule has 0 aromatic heterocycles. The molecule has 1 unspecified atom stereocenters. The molecular weight excluding hydrogens is 232 g/mol. The highest BCUT2D eigenvalue weighted by Gasteiger charge is 2.19. The summed E-state index contributed by atoms with van der Waals surface area (Å²) in [5, 5.41) is 2.78. The Labute approximate surface area is 106 Å². The van der Waals surface area contributed by atoms with E-state index < -0.39 is 6.04 Å². The Kier molecular flexibility index (Phi) is 4.69. The average Bonchev–Trinajstić information content (AvgIpc) is 2.46. The topological polar surface area (TPSA) is 73.6 Å².